The minimum Gasteiger partial charge on any atom is -0.493 e. The van der Waals surface area contributed by atoms with Crippen LogP contribution < -0.4 is 10.4 Å². The Kier molecular flexibility index (Phi) is 5.23. The topological polar surface area (TPSA) is 42.7 Å². The Labute approximate surface area is 144 Å². The van der Waals surface area contributed by atoms with Gasteiger partial charge < -0.3 is 14.1 Å². The van der Waals surface area contributed by atoms with Crippen LogP contribution in [0.5, 0.6) is 5.75 Å². The zero-order valence-electron chi connectivity index (χ0n) is 13.0. The van der Waals surface area contributed by atoms with E-state index in [-0.39, 0.29) is 5.63 Å². The third-order valence-corrected chi connectivity index (χ3v) is 5.35. The van der Waals surface area contributed by atoms with E-state index in [9.17, 15) is 4.79 Å². The number of ether oxygens (including phenoxy) is 1. The second kappa shape index (κ2) is 7.36. The van der Waals surface area contributed by atoms with E-state index in [2.05, 4.69) is 4.90 Å². The first kappa shape index (κ1) is 16.3. The van der Waals surface area contributed by atoms with Crippen molar-refractivity contribution in [1.82, 2.24) is 4.90 Å². The zero-order chi connectivity index (χ0) is 16.2. The van der Waals surface area contributed by atoms with Crippen LogP contribution in [0.25, 0.3) is 11.0 Å². The lowest BCUT2D eigenvalue weighted by molar-refractivity contribution is 0.344. The van der Waals surface area contributed by atoms with Gasteiger partial charge >= 0.3 is 5.63 Å². The van der Waals surface area contributed by atoms with E-state index < -0.39 is 0 Å². The summed E-state index contributed by atoms with van der Waals surface area (Å²) < 4.78 is 11.9. The lowest BCUT2D eigenvalue weighted by atomic mass is 10.1. The van der Waals surface area contributed by atoms with E-state index in [0.717, 1.165) is 34.1 Å². The number of rotatable bonds is 4. The van der Waals surface area contributed by atoms with Crippen LogP contribution in [0.4, 0.5) is 0 Å². The van der Waals surface area contributed by atoms with Crippen LogP contribution in [0, 0.1) is 6.92 Å². The fraction of sp³-hybridized carbons (Fsp3) is 0.412. The zero-order valence-corrected chi connectivity index (χ0v) is 14.7. The quantitative estimate of drug-likeness (QED) is 0.477. The molecule has 0 atom stereocenters. The number of benzene rings is 1. The average Bonchev–Trinajstić information content (AvgIpc) is 3.05. The standard InChI is InChI=1S/C17H19NO3S2/c1-12-10-16(19)21-15-11-13(4-5-14(12)15)20-8-9-23-17(22)18-6-2-3-7-18/h4-5,10-11H,2-3,6-9H2,1H3. The van der Waals surface area contributed by atoms with Crippen molar-refractivity contribution in [3.05, 3.63) is 40.2 Å². The Morgan fingerprint density at radius 1 is 1.35 bits per heavy atom. The summed E-state index contributed by atoms with van der Waals surface area (Å²) >= 11 is 7.08. The molecular formula is C17H19NO3S2. The number of thioether (sulfide) groups is 1. The molecule has 1 aromatic heterocycles. The van der Waals surface area contributed by atoms with Gasteiger partial charge in [0.1, 0.15) is 15.7 Å². The molecule has 3 rings (SSSR count). The van der Waals surface area contributed by atoms with Crippen LogP contribution in [0.2, 0.25) is 0 Å². The van der Waals surface area contributed by atoms with E-state index in [1.165, 1.54) is 18.9 Å². The van der Waals surface area contributed by atoms with Gasteiger partial charge in [-0.2, -0.15) is 0 Å². The summed E-state index contributed by atoms with van der Waals surface area (Å²) in [6.45, 7) is 4.63. The molecule has 1 fully saturated rings. The van der Waals surface area contributed by atoms with Crippen LogP contribution in [0.1, 0.15) is 18.4 Å². The monoisotopic (exact) mass is 349 g/mol. The molecule has 0 amide bonds. The van der Waals surface area contributed by atoms with Gasteiger partial charge in [0, 0.05) is 36.4 Å². The predicted molar refractivity (Wildman–Crippen MR) is 98.6 cm³/mol. The molecule has 2 heterocycles. The highest BCUT2D eigenvalue weighted by molar-refractivity contribution is 8.22. The van der Waals surface area contributed by atoms with Crippen molar-refractivity contribution >= 4 is 39.3 Å². The van der Waals surface area contributed by atoms with Gasteiger partial charge in [-0.3, -0.25) is 0 Å². The molecule has 4 nitrogen and oxygen atoms in total. The van der Waals surface area contributed by atoms with E-state index in [0.29, 0.717) is 17.9 Å². The first-order valence-corrected chi connectivity index (χ1v) is 9.12. The number of fused-ring (bicyclic) bond motifs is 1. The second-order valence-corrected chi connectivity index (χ2v) is 7.29. The highest BCUT2D eigenvalue weighted by Crippen LogP contribution is 2.22. The van der Waals surface area contributed by atoms with Gasteiger partial charge in [0.15, 0.2) is 0 Å². The maximum absolute atomic E-state index is 11.4. The fourth-order valence-corrected chi connectivity index (χ4v) is 3.81. The molecule has 122 valence electrons. The molecule has 0 N–H and O–H groups in total. The van der Waals surface area contributed by atoms with Crippen LogP contribution in [0.15, 0.2) is 33.5 Å². The maximum Gasteiger partial charge on any atom is 0.336 e. The summed E-state index contributed by atoms with van der Waals surface area (Å²) in [5, 5.41) is 0.932. The van der Waals surface area contributed by atoms with Gasteiger partial charge in [0.05, 0.1) is 6.61 Å². The Morgan fingerprint density at radius 3 is 2.91 bits per heavy atom. The SMILES string of the molecule is Cc1cc(=O)oc2cc(OCCSC(=S)N3CCCC3)ccc12. The summed E-state index contributed by atoms with van der Waals surface area (Å²) in [6, 6.07) is 7.09. The van der Waals surface area contributed by atoms with Crippen molar-refractivity contribution < 1.29 is 9.15 Å². The fourth-order valence-electron chi connectivity index (χ4n) is 2.67. The molecule has 1 aromatic carbocycles. The number of hydrogen-bond acceptors (Lipinski definition) is 5. The summed E-state index contributed by atoms with van der Waals surface area (Å²) in [5.74, 6) is 1.52. The molecule has 23 heavy (non-hydrogen) atoms. The van der Waals surface area contributed by atoms with Crippen molar-refractivity contribution in [1.29, 1.82) is 0 Å². The molecular weight excluding hydrogens is 330 g/mol. The normalized spacial score (nSPS) is 14.4. The molecule has 1 saturated heterocycles. The van der Waals surface area contributed by atoms with Crippen LogP contribution in [0.3, 0.4) is 0 Å². The third-order valence-electron chi connectivity index (χ3n) is 3.86. The van der Waals surface area contributed by atoms with E-state index in [1.807, 2.05) is 19.1 Å². The van der Waals surface area contributed by atoms with Crippen molar-refractivity contribution in [2.75, 3.05) is 25.4 Å². The summed E-state index contributed by atoms with van der Waals surface area (Å²) in [7, 11) is 0. The van der Waals surface area contributed by atoms with Gasteiger partial charge in [-0.15, -0.1) is 0 Å². The van der Waals surface area contributed by atoms with Gasteiger partial charge in [-0.1, -0.05) is 24.0 Å². The lowest BCUT2D eigenvalue weighted by Crippen LogP contribution is -2.24. The van der Waals surface area contributed by atoms with Crippen molar-refractivity contribution in [2.24, 2.45) is 0 Å². The van der Waals surface area contributed by atoms with Gasteiger partial charge in [0.2, 0.25) is 0 Å². The van der Waals surface area contributed by atoms with Crippen LogP contribution in [-0.2, 0) is 0 Å². The summed E-state index contributed by atoms with van der Waals surface area (Å²) in [6.07, 6.45) is 2.47. The second-order valence-electron chi connectivity index (χ2n) is 5.56. The molecule has 0 aliphatic carbocycles. The number of aryl methyl sites for hydroxylation is 1. The Hall–Kier alpha value is -1.53. The highest BCUT2D eigenvalue weighted by atomic mass is 32.2. The van der Waals surface area contributed by atoms with Crippen molar-refractivity contribution in [2.45, 2.75) is 19.8 Å². The minimum atomic E-state index is -0.335. The highest BCUT2D eigenvalue weighted by Gasteiger charge is 2.14. The maximum atomic E-state index is 11.4. The molecule has 0 saturated carbocycles. The lowest BCUT2D eigenvalue weighted by Gasteiger charge is -2.17. The number of likely N-dealkylation sites (tertiary alicyclic amines) is 1. The molecule has 0 bridgehead atoms. The number of thiocarbonyl (C=S) groups is 1. The Bertz CT molecular complexity index is 766. The summed E-state index contributed by atoms with van der Waals surface area (Å²) in [5.41, 5.74) is 1.14. The Balaban J connectivity index is 1.55. The van der Waals surface area contributed by atoms with E-state index in [1.54, 1.807) is 17.8 Å². The van der Waals surface area contributed by atoms with Crippen LogP contribution >= 0.6 is 24.0 Å². The van der Waals surface area contributed by atoms with Gasteiger partial charge in [-0.05, 0) is 37.5 Å². The third kappa shape index (κ3) is 4.06. The first-order valence-electron chi connectivity index (χ1n) is 7.72. The minimum absolute atomic E-state index is 0.335. The molecule has 0 radical (unpaired) electrons. The first-order chi connectivity index (χ1) is 11.1. The average molecular weight is 349 g/mol. The van der Waals surface area contributed by atoms with Crippen molar-refractivity contribution in [3.8, 4) is 5.75 Å². The largest absolute Gasteiger partial charge is 0.493 e. The molecule has 6 heteroatoms. The van der Waals surface area contributed by atoms with Crippen molar-refractivity contribution in [3.63, 3.8) is 0 Å². The Morgan fingerprint density at radius 2 is 2.13 bits per heavy atom. The number of nitrogens with zero attached hydrogens (tertiary/aromatic N) is 1. The van der Waals surface area contributed by atoms with E-state index >= 15 is 0 Å². The molecule has 1 aliphatic rings. The summed E-state index contributed by atoms with van der Waals surface area (Å²) in [4.78, 5) is 13.7. The smallest absolute Gasteiger partial charge is 0.336 e. The molecule has 2 aromatic rings. The predicted octanol–water partition coefficient (Wildman–Crippen LogP) is 3.59. The van der Waals surface area contributed by atoms with E-state index in [4.69, 9.17) is 21.4 Å². The van der Waals surface area contributed by atoms with Crippen LogP contribution in [-0.4, -0.2) is 34.7 Å². The van der Waals surface area contributed by atoms with Gasteiger partial charge in [0.25, 0.3) is 0 Å². The number of hydrogen-bond donors (Lipinski definition) is 0. The molecule has 1 aliphatic heterocycles. The van der Waals surface area contributed by atoms with Gasteiger partial charge in [-0.25, -0.2) is 4.79 Å². The molecule has 0 unspecified atom stereocenters. The molecule has 0 spiro atoms.